The van der Waals surface area contributed by atoms with Crippen molar-refractivity contribution >= 4 is 56.7 Å². The Bertz CT molecular complexity index is 2450. The molecule has 0 bridgehead atoms. The molecule has 4 atom stereocenters. The summed E-state index contributed by atoms with van der Waals surface area (Å²) in [6.45, 7) is 8.81. The minimum atomic E-state index is -4.01. The summed E-state index contributed by atoms with van der Waals surface area (Å²) >= 11 is 0. The maximum atomic E-state index is 14.3. The number of aliphatic imine (C=N–C) groups is 1. The number of aromatic amines is 1. The van der Waals surface area contributed by atoms with Crippen LogP contribution in [0.1, 0.15) is 75.8 Å². The molecule has 2 aliphatic rings. The van der Waals surface area contributed by atoms with E-state index in [0.717, 1.165) is 33.3 Å². The molecule has 0 saturated carbocycles. The summed E-state index contributed by atoms with van der Waals surface area (Å²) in [4.78, 5) is 79.4. The highest BCUT2D eigenvalue weighted by molar-refractivity contribution is 7.90. The fraction of sp³-hybridized carbons (Fsp3) is 0.422. The van der Waals surface area contributed by atoms with Crippen LogP contribution in [-0.2, 0) is 58.2 Å². The Hall–Kier alpha value is -6.43. The molecule has 2 aliphatic heterocycles. The van der Waals surface area contributed by atoms with Crippen molar-refractivity contribution in [3.05, 3.63) is 101 Å². The summed E-state index contributed by atoms with van der Waals surface area (Å²) in [5, 5.41) is 6.44. The van der Waals surface area contributed by atoms with Gasteiger partial charge in [0.1, 0.15) is 36.4 Å². The van der Waals surface area contributed by atoms with Crippen LogP contribution >= 0.6 is 0 Å². The number of H-pyrrole nitrogens is 1. The normalized spacial score (nSPS) is 17.6. The number of fused-ring (bicyclic) bond motifs is 3. The van der Waals surface area contributed by atoms with E-state index in [1.165, 1.54) is 28.9 Å². The largest absolute Gasteiger partial charge is 0.459 e. The van der Waals surface area contributed by atoms with Gasteiger partial charge in [-0.2, -0.15) is 0 Å². The number of aromatic nitrogens is 1. The fourth-order valence-corrected chi connectivity index (χ4v) is 8.58. The minimum absolute atomic E-state index is 0.00652. The van der Waals surface area contributed by atoms with Crippen LogP contribution in [0.25, 0.3) is 10.9 Å². The number of ether oxygens (including phenoxy) is 2. The zero-order chi connectivity index (χ0) is 45.5. The number of benzene rings is 3. The van der Waals surface area contributed by atoms with Crippen LogP contribution in [0.4, 0.5) is 4.79 Å². The zero-order valence-corrected chi connectivity index (χ0v) is 37.0. The average Bonchev–Trinajstić information content (AvgIpc) is 3.88. The maximum absolute atomic E-state index is 14.3. The summed E-state index contributed by atoms with van der Waals surface area (Å²) in [5.41, 5.74) is 9.29. The van der Waals surface area contributed by atoms with E-state index in [0.29, 0.717) is 12.8 Å². The van der Waals surface area contributed by atoms with Crippen LogP contribution in [0.3, 0.4) is 0 Å². The molecule has 6 rings (SSSR count). The molecule has 0 spiro atoms. The molecule has 2 unspecified atom stereocenters. The lowest BCUT2D eigenvalue weighted by Gasteiger charge is -2.36. The van der Waals surface area contributed by atoms with Crippen LogP contribution in [0, 0.1) is 6.92 Å². The Morgan fingerprint density at radius 3 is 2.35 bits per heavy atom. The second-order valence-corrected chi connectivity index (χ2v) is 18.5. The highest BCUT2D eigenvalue weighted by Crippen LogP contribution is 2.31. The molecule has 1 aromatic heterocycles. The second-order valence-electron chi connectivity index (χ2n) is 16.9. The van der Waals surface area contributed by atoms with Gasteiger partial charge < -0.3 is 35.7 Å². The number of guanidine groups is 1. The average molecular weight is 885 g/mol. The standard InChI is InChI=1S/C45H56N8O9S/c1-28-19-21-31(22-20-28)63(59,60)51-43(46)47-23-11-17-35(41(56)52-24-12-18-37(52)42(57)61-27-30-13-7-6-8-14-30)50-39(54)29(2)48-40(55)38-25-33-32-15-9-10-16-34(32)49-36(33)26-53(38)44(58)62-45(3,4)5/h6-10,13-16,19-22,29,35,37-38,49H,11-12,17-18,23-27H2,1-5H3,(H,48,55)(H,50,54)(H3,46,47,51)/t29-,35-,37?,38?/m0/s1. The summed E-state index contributed by atoms with van der Waals surface area (Å²) < 4.78 is 39.2. The first-order valence-corrected chi connectivity index (χ1v) is 22.5. The molecule has 4 amide bonds. The van der Waals surface area contributed by atoms with Crippen LogP contribution < -0.4 is 21.1 Å². The number of esters is 1. The van der Waals surface area contributed by atoms with E-state index < -0.39 is 69.6 Å². The fourth-order valence-electron chi connectivity index (χ4n) is 7.63. The number of amides is 4. The van der Waals surface area contributed by atoms with Crippen LogP contribution in [0.5, 0.6) is 0 Å². The maximum Gasteiger partial charge on any atom is 0.411 e. The van der Waals surface area contributed by atoms with Gasteiger partial charge in [0.05, 0.1) is 11.4 Å². The van der Waals surface area contributed by atoms with Crippen LogP contribution in [0.2, 0.25) is 0 Å². The van der Waals surface area contributed by atoms with Crippen molar-refractivity contribution in [1.29, 1.82) is 0 Å². The van der Waals surface area contributed by atoms with Gasteiger partial charge in [-0.3, -0.25) is 24.3 Å². The third-order valence-corrected chi connectivity index (χ3v) is 12.2. The van der Waals surface area contributed by atoms with Gasteiger partial charge in [0.2, 0.25) is 23.7 Å². The molecule has 4 aromatic rings. The molecular formula is C45H56N8O9S. The summed E-state index contributed by atoms with van der Waals surface area (Å²) in [5.74, 6) is -2.75. The van der Waals surface area contributed by atoms with E-state index in [4.69, 9.17) is 15.2 Å². The van der Waals surface area contributed by atoms with E-state index in [9.17, 15) is 32.4 Å². The molecule has 3 aromatic carbocycles. The van der Waals surface area contributed by atoms with E-state index in [2.05, 4.69) is 25.3 Å². The number of nitrogens with zero attached hydrogens (tertiary/aromatic N) is 3. The molecule has 17 nitrogen and oxygen atoms in total. The van der Waals surface area contributed by atoms with Gasteiger partial charge in [0.25, 0.3) is 10.0 Å². The zero-order valence-electron chi connectivity index (χ0n) is 36.2. The first-order valence-electron chi connectivity index (χ1n) is 21.0. The van der Waals surface area contributed by atoms with Gasteiger partial charge >= 0.3 is 12.1 Å². The number of carbonyl (C=O) groups is 5. The third-order valence-electron chi connectivity index (χ3n) is 10.8. The topological polar surface area (TPSA) is 235 Å². The summed E-state index contributed by atoms with van der Waals surface area (Å²) in [6, 6.07) is 18.7. The molecule has 1 fully saturated rings. The number of likely N-dealkylation sites (tertiary alicyclic amines) is 1. The number of para-hydroxylation sites is 1. The number of hydrogen-bond acceptors (Lipinski definition) is 10. The van der Waals surface area contributed by atoms with Crippen LogP contribution in [0.15, 0.2) is 88.8 Å². The highest BCUT2D eigenvalue weighted by atomic mass is 32.2. The van der Waals surface area contributed by atoms with Gasteiger partial charge in [-0.05, 0) is 89.6 Å². The van der Waals surface area contributed by atoms with Crippen molar-refractivity contribution < 1.29 is 41.9 Å². The van der Waals surface area contributed by atoms with E-state index >= 15 is 0 Å². The van der Waals surface area contributed by atoms with Gasteiger partial charge in [0.15, 0.2) is 0 Å². The van der Waals surface area contributed by atoms with Gasteiger partial charge in [-0.25, -0.2) is 22.7 Å². The number of rotatable bonds is 14. The summed E-state index contributed by atoms with van der Waals surface area (Å²) in [7, 11) is -4.01. The predicted molar refractivity (Wildman–Crippen MR) is 235 cm³/mol. The lowest BCUT2D eigenvalue weighted by molar-refractivity contribution is -0.155. The van der Waals surface area contributed by atoms with Crippen molar-refractivity contribution in [1.82, 2.24) is 30.1 Å². The highest BCUT2D eigenvalue weighted by Gasteiger charge is 2.41. The number of sulfonamides is 1. The quantitative estimate of drug-likeness (QED) is 0.0530. The number of carbonyl (C=O) groups excluding carboxylic acids is 5. The number of nitrogens with one attached hydrogen (secondary N) is 4. The second kappa shape index (κ2) is 19.7. The van der Waals surface area contributed by atoms with Crippen molar-refractivity contribution in [3.63, 3.8) is 0 Å². The van der Waals surface area contributed by atoms with Gasteiger partial charge in [-0.15, -0.1) is 0 Å². The Balaban J connectivity index is 1.16. The molecule has 1 saturated heterocycles. The summed E-state index contributed by atoms with van der Waals surface area (Å²) in [6.07, 6.45) is 0.543. The Kier molecular flexibility index (Phi) is 14.4. The molecule has 0 aliphatic carbocycles. The first kappa shape index (κ1) is 46.1. The predicted octanol–water partition coefficient (Wildman–Crippen LogP) is 3.94. The smallest absolute Gasteiger partial charge is 0.411 e. The van der Waals surface area contributed by atoms with Gasteiger partial charge in [-0.1, -0.05) is 66.2 Å². The SMILES string of the molecule is Cc1ccc(S(=O)(=O)NC(N)=NCCC[C@H](NC(=O)[C@H](C)NC(=O)C2Cc3c([nH]c4ccccc34)CN2C(=O)OC(C)(C)C)C(=O)N2CCCC2C(=O)OCc2ccccc2)cc1. The van der Waals surface area contributed by atoms with Gasteiger partial charge in [0, 0.05) is 36.1 Å². The Labute approximate surface area is 367 Å². The number of aryl methyl sites for hydroxylation is 1. The Morgan fingerprint density at radius 1 is 0.937 bits per heavy atom. The molecule has 336 valence electrons. The first-order chi connectivity index (χ1) is 29.9. The molecular weight excluding hydrogens is 829 g/mol. The van der Waals surface area contributed by atoms with Crippen molar-refractivity contribution in [2.45, 2.75) is 115 Å². The van der Waals surface area contributed by atoms with Crippen LogP contribution in [-0.4, -0.2) is 102 Å². The third kappa shape index (κ3) is 11.7. The van der Waals surface area contributed by atoms with E-state index in [-0.39, 0.29) is 56.4 Å². The Morgan fingerprint density at radius 2 is 1.63 bits per heavy atom. The van der Waals surface area contributed by atoms with E-state index in [1.54, 1.807) is 32.9 Å². The number of nitrogens with two attached hydrogens (primary N) is 1. The molecule has 63 heavy (non-hydrogen) atoms. The van der Waals surface area contributed by atoms with Crippen molar-refractivity contribution in [2.24, 2.45) is 10.7 Å². The lowest BCUT2D eigenvalue weighted by atomic mass is 9.96. The number of hydrogen-bond donors (Lipinski definition) is 5. The molecule has 0 radical (unpaired) electrons. The van der Waals surface area contributed by atoms with Crippen molar-refractivity contribution in [2.75, 3.05) is 13.1 Å². The molecule has 18 heteroatoms. The monoisotopic (exact) mass is 884 g/mol. The molecule has 3 heterocycles. The van der Waals surface area contributed by atoms with E-state index in [1.807, 2.05) is 61.5 Å². The molecule has 6 N–H and O–H groups in total. The van der Waals surface area contributed by atoms with Crippen molar-refractivity contribution in [3.8, 4) is 0 Å². The lowest BCUT2D eigenvalue weighted by Crippen LogP contribution is -2.58. The minimum Gasteiger partial charge on any atom is -0.459 e.